The number of hydrogen-bond donors (Lipinski definition) is 0. The summed E-state index contributed by atoms with van der Waals surface area (Å²) in [5, 5.41) is 0. The van der Waals surface area contributed by atoms with Crippen LogP contribution in [-0.4, -0.2) is 34.3 Å². The van der Waals surface area contributed by atoms with E-state index in [0.29, 0.717) is 25.1 Å². The molecule has 0 saturated carbocycles. The minimum absolute atomic E-state index is 0.0779. The molecule has 0 aliphatic carbocycles. The third-order valence-electron chi connectivity index (χ3n) is 5.74. The Bertz CT molecular complexity index is 839. The van der Waals surface area contributed by atoms with Crippen molar-refractivity contribution in [2.75, 3.05) is 6.54 Å². The maximum atomic E-state index is 14.0. The Morgan fingerprint density at radius 3 is 2.58 bits per heavy atom. The first kappa shape index (κ1) is 17.2. The maximum Gasteiger partial charge on any atom is 0.224 e. The summed E-state index contributed by atoms with van der Waals surface area (Å²) >= 11 is 0. The Labute approximate surface area is 152 Å². The predicted octanol–water partition coefficient (Wildman–Crippen LogP) is 3.65. The van der Waals surface area contributed by atoms with Gasteiger partial charge in [-0.2, -0.15) is 0 Å². The van der Waals surface area contributed by atoms with Gasteiger partial charge in [0.25, 0.3) is 0 Å². The lowest BCUT2D eigenvalue weighted by atomic mass is 10.1. The van der Waals surface area contributed by atoms with Crippen LogP contribution in [0, 0.1) is 18.6 Å². The number of fused-ring (bicyclic) bond motifs is 1. The van der Waals surface area contributed by atoms with E-state index >= 15 is 0 Å². The van der Waals surface area contributed by atoms with Crippen molar-refractivity contribution < 1.29 is 13.6 Å². The van der Waals surface area contributed by atoms with Crippen LogP contribution in [0.2, 0.25) is 0 Å². The highest BCUT2D eigenvalue weighted by atomic mass is 19.2. The van der Waals surface area contributed by atoms with Gasteiger partial charge in [0.05, 0.1) is 0 Å². The second kappa shape index (κ2) is 6.80. The molecule has 2 aliphatic heterocycles. The smallest absolute Gasteiger partial charge is 0.224 e. The Hall–Kier alpha value is -2.27. The lowest BCUT2D eigenvalue weighted by Crippen LogP contribution is -2.37. The van der Waals surface area contributed by atoms with E-state index in [9.17, 15) is 13.6 Å². The third-order valence-corrected chi connectivity index (χ3v) is 5.74. The van der Waals surface area contributed by atoms with Crippen molar-refractivity contribution >= 4 is 5.91 Å². The minimum Gasteiger partial charge on any atom is -0.334 e. The summed E-state index contributed by atoms with van der Waals surface area (Å²) in [4.78, 5) is 16.7. The van der Waals surface area contributed by atoms with Crippen LogP contribution in [0.15, 0.2) is 42.5 Å². The van der Waals surface area contributed by atoms with Crippen LogP contribution in [-0.2, 0) is 17.9 Å². The fourth-order valence-electron chi connectivity index (χ4n) is 4.27. The fraction of sp³-hybridized carbons (Fsp3) is 0.381. The molecular weight excluding hydrogens is 334 g/mol. The molecule has 26 heavy (non-hydrogen) atoms. The zero-order valence-electron chi connectivity index (χ0n) is 14.8. The SMILES string of the molecule is Cc1ccccc1CN1C(=O)C[C@H]2[C@@H]1CCN2Cc1cccc(F)c1F. The number of aryl methyl sites for hydroxylation is 1. The molecule has 3 nitrogen and oxygen atoms in total. The number of amides is 1. The number of carbonyl (C=O) groups excluding carboxylic acids is 1. The van der Waals surface area contributed by atoms with Crippen LogP contribution in [0.3, 0.4) is 0 Å². The van der Waals surface area contributed by atoms with E-state index in [1.165, 1.54) is 11.6 Å². The Morgan fingerprint density at radius 2 is 1.77 bits per heavy atom. The molecule has 4 rings (SSSR count). The molecule has 136 valence electrons. The van der Waals surface area contributed by atoms with E-state index < -0.39 is 11.6 Å². The largest absolute Gasteiger partial charge is 0.334 e. The molecular formula is C21H22F2N2O. The molecule has 2 aromatic rings. The average Bonchev–Trinajstić information content (AvgIpc) is 3.14. The minimum atomic E-state index is -0.818. The van der Waals surface area contributed by atoms with Crippen LogP contribution < -0.4 is 0 Å². The highest BCUT2D eigenvalue weighted by Gasteiger charge is 2.46. The van der Waals surface area contributed by atoms with Gasteiger partial charge in [0.2, 0.25) is 5.91 Å². The number of benzene rings is 2. The van der Waals surface area contributed by atoms with Crippen molar-refractivity contribution in [1.29, 1.82) is 0 Å². The van der Waals surface area contributed by atoms with Crippen molar-refractivity contribution in [3.05, 3.63) is 70.8 Å². The van der Waals surface area contributed by atoms with Crippen molar-refractivity contribution in [2.45, 2.75) is 44.9 Å². The van der Waals surface area contributed by atoms with Crippen molar-refractivity contribution in [2.24, 2.45) is 0 Å². The fourth-order valence-corrected chi connectivity index (χ4v) is 4.27. The van der Waals surface area contributed by atoms with Gasteiger partial charge in [0, 0.05) is 43.7 Å². The Balaban J connectivity index is 1.50. The highest BCUT2D eigenvalue weighted by molar-refractivity contribution is 5.80. The zero-order valence-corrected chi connectivity index (χ0v) is 14.8. The van der Waals surface area contributed by atoms with Gasteiger partial charge in [-0.25, -0.2) is 8.78 Å². The molecule has 0 N–H and O–H groups in total. The first-order valence-corrected chi connectivity index (χ1v) is 9.05. The molecule has 0 unspecified atom stereocenters. The molecule has 0 bridgehead atoms. The highest BCUT2D eigenvalue weighted by Crippen LogP contribution is 2.35. The summed E-state index contributed by atoms with van der Waals surface area (Å²) in [6, 6.07) is 12.6. The zero-order chi connectivity index (χ0) is 18.3. The second-order valence-electron chi connectivity index (χ2n) is 7.26. The Kier molecular flexibility index (Phi) is 4.49. The van der Waals surface area contributed by atoms with Gasteiger partial charge in [-0.15, -0.1) is 0 Å². The van der Waals surface area contributed by atoms with E-state index in [4.69, 9.17) is 0 Å². The van der Waals surface area contributed by atoms with Gasteiger partial charge in [0.15, 0.2) is 11.6 Å². The lowest BCUT2D eigenvalue weighted by molar-refractivity contribution is -0.129. The second-order valence-corrected chi connectivity index (χ2v) is 7.26. The van der Waals surface area contributed by atoms with Crippen molar-refractivity contribution in [3.63, 3.8) is 0 Å². The molecule has 5 heteroatoms. The molecule has 0 aromatic heterocycles. The van der Waals surface area contributed by atoms with Crippen LogP contribution in [0.25, 0.3) is 0 Å². The maximum absolute atomic E-state index is 14.0. The molecule has 0 radical (unpaired) electrons. The standard InChI is InChI=1S/C21H22F2N2O/c1-14-5-2-3-6-15(14)13-25-18-9-10-24(19(18)11-20(25)26)12-16-7-4-8-17(22)21(16)23/h2-8,18-19H,9-13H2,1H3/t18-,19-/m0/s1. The monoisotopic (exact) mass is 356 g/mol. The van der Waals surface area contributed by atoms with Crippen LogP contribution in [0.1, 0.15) is 29.5 Å². The molecule has 0 spiro atoms. The van der Waals surface area contributed by atoms with E-state index in [2.05, 4.69) is 24.0 Å². The van der Waals surface area contributed by atoms with E-state index in [1.807, 2.05) is 17.0 Å². The molecule has 2 aromatic carbocycles. The normalized spacial score (nSPS) is 22.9. The number of rotatable bonds is 4. The summed E-state index contributed by atoms with van der Waals surface area (Å²) in [7, 11) is 0. The van der Waals surface area contributed by atoms with Crippen LogP contribution in [0.5, 0.6) is 0 Å². The quantitative estimate of drug-likeness (QED) is 0.835. The molecule has 2 fully saturated rings. The van der Waals surface area contributed by atoms with Crippen LogP contribution in [0.4, 0.5) is 8.78 Å². The summed E-state index contributed by atoms with van der Waals surface area (Å²) in [6.45, 7) is 3.81. The van der Waals surface area contributed by atoms with E-state index in [-0.39, 0.29) is 18.0 Å². The third kappa shape index (κ3) is 3.01. The molecule has 2 atom stereocenters. The number of carbonyl (C=O) groups is 1. The van der Waals surface area contributed by atoms with Gasteiger partial charge in [0.1, 0.15) is 0 Å². The van der Waals surface area contributed by atoms with Gasteiger partial charge < -0.3 is 4.90 Å². The van der Waals surface area contributed by atoms with Crippen molar-refractivity contribution in [1.82, 2.24) is 9.80 Å². The van der Waals surface area contributed by atoms with E-state index in [1.54, 1.807) is 6.07 Å². The van der Waals surface area contributed by atoms with Gasteiger partial charge >= 0.3 is 0 Å². The molecule has 2 saturated heterocycles. The number of halogens is 2. The lowest BCUT2D eigenvalue weighted by Gasteiger charge is -2.26. The first-order chi connectivity index (χ1) is 12.5. The molecule has 1 amide bonds. The predicted molar refractivity (Wildman–Crippen MR) is 95.3 cm³/mol. The Morgan fingerprint density at radius 1 is 1.00 bits per heavy atom. The number of likely N-dealkylation sites (tertiary alicyclic amines) is 2. The molecule has 2 heterocycles. The average molecular weight is 356 g/mol. The number of nitrogens with zero attached hydrogens (tertiary/aromatic N) is 2. The number of hydrogen-bond acceptors (Lipinski definition) is 2. The summed E-state index contributed by atoms with van der Waals surface area (Å²) < 4.78 is 27.5. The topological polar surface area (TPSA) is 23.6 Å². The van der Waals surface area contributed by atoms with E-state index in [0.717, 1.165) is 24.6 Å². The van der Waals surface area contributed by atoms with Crippen LogP contribution >= 0.6 is 0 Å². The van der Waals surface area contributed by atoms with Gasteiger partial charge in [-0.3, -0.25) is 9.69 Å². The van der Waals surface area contributed by atoms with Crippen molar-refractivity contribution in [3.8, 4) is 0 Å². The summed E-state index contributed by atoms with van der Waals surface area (Å²) in [6.07, 6.45) is 1.33. The van der Waals surface area contributed by atoms with Gasteiger partial charge in [-0.1, -0.05) is 36.4 Å². The summed E-state index contributed by atoms with van der Waals surface area (Å²) in [5.74, 6) is -1.45. The first-order valence-electron chi connectivity index (χ1n) is 9.05. The van der Waals surface area contributed by atoms with Gasteiger partial charge in [-0.05, 0) is 30.5 Å². The summed E-state index contributed by atoms with van der Waals surface area (Å²) in [5.41, 5.74) is 2.70. The molecule has 2 aliphatic rings.